The molecule has 3 heterocycles. The van der Waals surface area contributed by atoms with Gasteiger partial charge in [0.15, 0.2) is 0 Å². The maximum atomic E-state index is 13.2. The number of halogens is 1. The molecule has 0 atom stereocenters. The molecule has 1 saturated heterocycles. The normalized spacial score (nSPS) is 13.2. The number of aryl methyl sites for hydroxylation is 2. The first-order valence-corrected chi connectivity index (χ1v) is 11.5. The van der Waals surface area contributed by atoms with Crippen LogP contribution in [0.25, 0.3) is 11.3 Å². The largest absolute Gasteiger partial charge is 0.356 e. The molecule has 8 nitrogen and oxygen atoms in total. The summed E-state index contributed by atoms with van der Waals surface area (Å²) in [5.41, 5.74) is 4.11. The standard InChI is InChI=1S/C26H26FN7O/c1-17-15-24(34-13-3-4-14-34)31-26(28-17)30-21-11-9-20(10-12-21)29-25(35)23-16-22(32-33(23)2)18-5-7-19(27)8-6-18/h5-12,15-16H,3-4,13-14H2,1-2H3,(H,29,35)(H,28,30,31). The van der Waals surface area contributed by atoms with Gasteiger partial charge in [-0.15, -0.1) is 0 Å². The highest BCUT2D eigenvalue weighted by atomic mass is 19.1. The van der Waals surface area contributed by atoms with Crippen LogP contribution in [0.5, 0.6) is 0 Å². The van der Waals surface area contributed by atoms with Gasteiger partial charge in [-0.2, -0.15) is 10.1 Å². The molecule has 0 saturated carbocycles. The number of hydrogen-bond donors (Lipinski definition) is 2. The van der Waals surface area contributed by atoms with Gasteiger partial charge < -0.3 is 15.5 Å². The maximum absolute atomic E-state index is 13.2. The minimum absolute atomic E-state index is 0.286. The topological polar surface area (TPSA) is 88.0 Å². The number of anilines is 4. The summed E-state index contributed by atoms with van der Waals surface area (Å²) in [5.74, 6) is 0.886. The Bertz CT molecular complexity index is 1340. The molecule has 9 heteroatoms. The lowest BCUT2D eigenvalue weighted by molar-refractivity contribution is 0.101. The van der Waals surface area contributed by atoms with Crippen molar-refractivity contribution in [3.05, 3.63) is 77.9 Å². The number of carbonyl (C=O) groups is 1. The lowest BCUT2D eigenvalue weighted by Crippen LogP contribution is -2.19. The maximum Gasteiger partial charge on any atom is 0.273 e. The van der Waals surface area contributed by atoms with E-state index in [4.69, 9.17) is 0 Å². The Morgan fingerprint density at radius 3 is 2.34 bits per heavy atom. The van der Waals surface area contributed by atoms with Crippen molar-refractivity contribution in [3.8, 4) is 11.3 Å². The Morgan fingerprint density at radius 2 is 1.63 bits per heavy atom. The van der Waals surface area contributed by atoms with Crippen LogP contribution in [-0.2, 0) is 7.05 Å². The first kappa shape index (κ1) is 22.5. The quantitative estimate of drug-likeness (QED) is 0.415. The molecule has 2 aromatic carbocycles. The molecule has 0 aliphatic carbocycles. The van der Waals surface area contributed by atoms with Crippen molar-refractivity contribution in [3.63, 3.8) is 0 Å². The van der Waals surface area contributed by atoms with Crippen molar-refractivity contribution in [2.75, 3.05) is 28.6 Å². The van der Waals surface area contributed by atoms with E-state index in [-0.39, 0.29) is 11.7 Å². The molecule has 0 radical (unpaired) electrons. The second kappa shape index (κ2) is 9.54. The van der Waals surface area contributed by atoms with Gasteiger partial charge in [-0.25, -0.2) is 9.37 Å². The first-order chi connectivity index (χ1) is 16.9. The van der Waals surface area contributed by atoms with Crippen LogP contribution in [0.2, 0.25) is 0 Å². The highest BCUT2D eigenvalue weighted by Crippen LogP contribution is 2.23. The van der Waals surface area contributed by atoms with E-state index in [2.05, 4.69) is 30.6 Å². The molecular formula is C26H26FN7O. The number of benzene rings is 2. The van der Waals surface area contributed by atoms with Gasteiger partial charge in [-0.3, -0.25) is 9.48 Å². The average molecular weight is 472 g/mol. The molecule has 35 heavy (non-hydrogen) atoms. The SMILES string of the molecule is Cc1cc(N2CCCC2)nc(Nc2ccc(NC(=O)c3cc(-c4ccc(F)cc4)nn3C)cc2)n1. The highest BCUT2D eigenvalue weighted by molar-refractivity contribution is 6.03. The van der Waals surface area contributed by atoms with Gasteiger partial charge in [0.2, 0.25) is 5.95 Å². The van der Waals surface area contributed by atoms with Gasteiger partial charge in [0.05, 0.1) is 5.69 Å². The second-order valence-electron chi connectivity index (χ2n) is 8.59. The molecule has 2 aromatic heterocycles. The Hall–Kier alpha value is -4.27. The zero-order valence-electron chi connectivity index (χ0n) is 19.6. The van der Waals surface area contributed by atoms with Crippen LogP contribution in [0.3, 0.4) is 0 Å². The zero-order valence-corrected chi connectivity index (χ0v) is 19.6. The van der Waals surface area contributed by atoms with Crippen LogP contribution in [0.15, 0.2) is 60.7 Å². The van der Waals surface area contributed by atoms with Crippen LogP contribution >= 0.6 is 0 Å². The van der Waals surface area contributed by atoms with Crippen molar-refractivity contribution >= 4 is 29.0 Å². The lowest BCUT2D eigenvalue weighted by Gasteiger charge is -2.17. The van der Waals surface area contributed by atoms with Crippen LogP contribution in [0, 0.1) is 12.7 Å². The fraction of sp³-hybridized carbons (Fsp3) is 0.231. The Kier molecular flexibility index (Phi) is 6.13. The minimum Gasteiger partial charge on any atom is -0.356 e. The molecule has 1 aliphatic rings. The summed E-state index contributed by atoms with van der Waals surface area (Å²) in [6.45, 7) is 4.00. The smallest absolute Gasteiger partial charge is 0.273 e. The average Bonchev–Trinajstić information content (AvgIpc) is 3.51. The van der Waals surface area contributed by atoms with Crippen molar-refractivity contribution in [1.82, 2.24) is 19.7 Å². The van der Waals surface area contributed by atoms with E-state index in [0.29, 0.717) is 23.0 Å². The van der Waals surface area contributed by atoms with Crippen molar-refractivity contribution in [1.29, 1.82) is 0 Å². The van der Waals surface area contributed by atoms with E-state index in [9.17, 15) is 9.18 Å². The number of hydrogen-bond acceptors (Lipinski definition) is 6. The number of carbonyl (C=O) groups excluding carboxylic acids is 1. The molecule has 0 spiro atoms. The molecule has 0 unspecified atom stereocenters. The first-order valence-electron chi connectivity index (χ1n) is 11.5. The van der Waals surface area contributed by atoms with E-state index in [1.807, 2.05) is 37.3 Å². The van der Waals surface area contributed by atoms with Gasteiger partial charge in [0.1, 0.15) is 17.3 Å². The van der Waals surface area contributed by atoms with E-state index >= 15 is 0 Å². The monoisotopic (exact) mass is 471 g/mol. The third-order valence-corrected chi connectivity index (χ3v) is 5.92. The molecule has 5 rings (SSSR count). The second-order valence-corrected chi connectivity index (χ2v) is 8.59. The number of nitrogens with zero attached hydrogens (tertiary/aromatic N) is 5. The number of rotatable bonds is 6. The van der Waals surface area contributed by atoms with E-state index < -0.39 is 0 Å². The van der Waals surface area contributed by atoms with Gasteiger partial charge in [0, 0.05) is 48.8 Å². The fourth-order valence-electron chi connectivity index (χ4n) is 4.12. The van der Waals surface area contributed by atoms with E-state index in [1.54, 1.807) is 25.2 Å². The van der Waals surface area contributed by atoms with Crippen molar-refractivity contribution in [2.24, 2.45) is 7.05 Å². The number of nitrogens with one attached hydrogen (secondary N) is 2. The van der Waals surface area contributed by atoms with Crippen LogP contribution in [-0.4, -0.2) is 38.7 Å². The fourth-order valence-corrected chi connectivity index (χ4v) is 4.12. The Balaban J connectivity index is 1.26. The minimum atomic E-state index is -0.318. The van der Waals surface area contributed by atoms with E-state index in [0.717, 1.165) is 35.9 Å². The number of aromatic nitrogens is 4. The van der Waals surface area contributed by atoms with Gasteiger partial charge >= 0.3 is 0 Å². The molecule has 178 valence electrons. The molecule has 1 aliphatic heterocycles. The Morgan fingerprint density at radius 1 is 0.943 bits per heavy atom. The zero-order chi connectivity index (χ0) is 24.4. The van der Waals surface area contributed by atoms with Crippen LogP contribution in [0.4, 0.5) is 27.5 Å². The summed E-state index contributed by atoms with van der Waals surface area (Å²) in [4.78, 5) is 24.3. The molecule has 2 N–H and O–H groups in total. The molecular weight excluding hydrogens is 445 g/mol. The van der Waals surface area contributed by atoms with Gasteiger partial charge in [-0.1, -0.05) is 0 Å². The van der Waals surface area contributed by atoms with Crippen LogP contribution < -0.4 is 15.5 Å². The molecule has 0 bridgehead atoms. The van der Waals surface area contributed by atoms with E-state index in [1.165, 1.54) is 29.7 Å². The predicted octanol–water partition coefficient (Wildman–Crippen LogP) is 4.92. The summed E-state index contributed by atoms with van der Waals surface area (Å²) in [6, 6.07) is 17.1. The molecule has 1 amide bonds. The molecule has 4 aromatic rings. The third kappa shape index (κ3) is 5.13. The van der Waals surface area contributed by atoms with Crippen molar-refractivity contribution < 1.29 is 9.18 Å². The highest BCUT2D eigenvalue weighted by Gasteiger charge is 2.16. The predicted molar refractivity (Wildman–Crippen MR) is 134 cm³/mol. The number of amides is 1. The summed E-state index contributed by atoms with van der Waals surface area (Å²) in [7, 11) is 1.70. The third-order valence-electron chi connectivity index (χ3n) is 5.92. The van der Waals surface area contributed by atoms with Crippen molar-refractivity contribution in [2.45, 2.75) is 19.8 Å². The summed E-state index contributed by atoms with van der Waals surface area (Å²) < 4.78 is 14.7. The lowest BCUT2D eigenvalue weighted by atomic mass is 10.1. The summed E-state index contributed by atoms with van der Waals surface area (Å²) >= 11 is 0. The van der Waals surface area contributed by atoms with Gasteiger partial charge in [-0.05, 0) is 74.4 Å². The molecule has 1 fully saturated rings. The Labute approximate surface area is 202 Å². The van der Waals surface area contributed by atoms with Gasteiger partial charge in [0.25, 0.3) is 5.91 Å². The summed E-state index contributed by atoms with van der Waals surface area (Å²) in [5, 5.41) is 10.5. The summed E-state index contributed by atoms with van der Waals surface area (Å²) in [6.07, 6.45) is 2.37. The van der Waals surface area contributed by atoms with Crippen LogP contribution in [0.1, 0.15) is 29.0 Å².